The molecule has 2 heterocycles. The number of hydrogen-bond acceptors (Lipinski definition) is 5. The Balaban J connectivity index is 1.69. The van der Waals surface area contributed by atoms with Gasteiger partial charge in [0, 0.05) is 30.9 Å². The van der Waals surface area contributed by atoms with Crippen LogP contribution in [0.5, 0.6) is 0 Å². The SMILES string of the molecule is Cc1ccc(C(CNC(=O)c2ccc(N)cc2)N2CCOCC2)o1. The van der Waals surface area contributed by atoms with E-state index in [1.54, 1.807) is 24.3 Å². The van der Waals surface area contributed by atoms with Gasteiger partial charge in [0.15, 0.2) is 0 Å². The van der Waals surface area contributed by atoms with Crippen LogP contribution in [0.4, 0.5) is 5.69 Å². The molecule has 24 heavy (non-hydrogen) atoms. The predicted octanol–water partition coefficient (Wildman–Crippen LogP) is 1.97. The predicted molar refractivity (Wildman–Crippen MR) is 91.8 cm³/mol. The van der Waals surface area contributed by atoms with Crippen molar-refractivity contribution in [2.45, 2.75) is 13.0 Å². The maximum absolute atomic E-state index is 12.4. The first-order valence-electron chi connectivity index (χ1n) is 8.15. The van der Waals surface area contributed by atoms with Crippen molar-refractivity contribution in [2.75, 3.05) is 38.6 Å². The molecule has 1 amide bonds. The number of nitrogen functional groups attached to an aromatic ring is 1. The van der Waals surface area contributed by atoms with Crippen LogP contribution in [-0.4, -0.2) is 43.7 Å². The van der Waals surface area contributed by atoms with Gasteiger partial charge >= 0.3 is 0 Å². The molecule has 1 aliphatic heterocycles. The first-order valence-corrected chi connectivity index (χ1v) is 8.15. The Morgan fingerprint density at radius 2 is 1.92 bits per heavy atom. The summed E-state index contributed by atoms with van der Waals surface area (Å²) in [6.07, 6.45) is 0. The molecule has 3 rings (SSSR count). The van der Waals surface area contributed by atoms with Crippen LogP contribution < -0.4 is 11.1 Å². The number of anilines is 1. The molecule has 6 heteroatoms. The van der Waals surface area contributed by atoms with E-state index < -0.39 is 0 Å². The van der Waals surface area contributed by atoms with Crippen LogP contribution in [0.25, 0.3) is 0 Å². The number of aryl methyl sites for hydroxylation is 1. The average Bonchev–Trinajstić information content (AvgIpc) is 3.02. The fraction of sp³-hybridized carbons (Fsp3) is 0.389. The van der Waals surface area contributed by atoms with Gasteiger partial charge < -0.3 is 20.2 Å². The second kappa shape index (κ2) is 7.51. The van der Waals surface area contributed by atoms with Gasteiger partial charge in [0.25, 0.3) is 5.91 Å². The third kappa shape index (κ3) is 3.96. The van der Waals surface area contributed by atoms with E-state index in [0.29, 0.717) is 31.0 Å². The van der Waals surface area contributed by atoms with Gasteiger partial charge in [0.2, 0.25) is 0 Å². The van der Waals surface area contributed by atoms with Gasteiger partial charge in [-0.15, -0.1) is 0 Å². The number of nitrogens with one attached hydrogen (secondary N) is 1. The number of hydrogen-bond donors (Lipinski definition) is 2. The van der Waals surface area contributed by atoms with E-state index in [1.807, 2.05) is 19.1 Å². The molecule has 1 atom stereocenters. The molecule has 0 bridgehead atoms. The molecule has 2 aromatic rings. The number of morpholine rings is 1. The van der Waals surface area contributed by atoms with E-state index in [1.165, 1.54) is 0 Å². The lowest BCUT2D eigenvalue weighted by Crippen LogP contribution is -2.43. The van der Waals surface area contributed by atoms with E-state index in [-0.39, 0.29) is 11.9 Å². The fourth-order valence-corrected chi connectivity index (χ4v) is 2.86. The summed E-state index contributed by atoms with van der Waals surface area (Å²) in [6.45, 7) is 5.44. The van der Waals surface area contributed by atoms with Crippen molar-refractivity contribution in [1.82, 2.24) is 10.2 Å². The lowest BCUT2D eigenvalue weighted by molar-refractivity contribution is 0.0117. The van der Waals surface area contributed by atoms with Gasteiger partial charge in [-0.3, -0.25) is 9.69 Å². The molecule has 1 aromatic carbocycles. The van der Waals surface area contributed by atoms with Crippen LogP contribution in [0.2, 0.25) is 0 Å². The molecular formula is C18H23N3O3. The molecule has 1 unspecified atom stereocenters. The van der Waals surface area contributed by atoms with Crippen molar-refractivity contribution in [3.8, 4) is 0 Å². The number of nitrogens with two attached hydrogens (primary N) is 1. The number of nitrogens with zero attached hydrogens (tertiary/aromatic N) is 1. The van der Waals surface area contributed by atoms with Crippen LogP contribution in [0.15, 0.2) is 40.8 Å². The number of ether oxygens (including phenoxy) is 1. The third-order valence-electron chi connectivity index (χ3n) is 4.20. The standard InChI is InChI=1S/C18H23N3O3/c1-13-2-7-17(24-13)16(21-8-10-23-11-9-21)12-20-18(22)14-3-5-15(19)6-4-14/h2-7,16H,8-12,19H2,1H3,(H,20,22). The van der Waals surface area contributed by atoms with Crippen LogP contribution in [0, 0.1) is 6.92 Å². The number of carbonyl (C=O) groups is 1. The third-order valence-corrected chi connectivity index (χ3v) is 4.20. The summed E-state index contributed by atoms with van der Waals surface area (Å²) < 4.78 is 11.2. The van der Waals surface area contributed by atoms with Gasteiger partial charge in [-0.25, -0.2) is 0 Å². The normalized spacial score (nSPS) is 16.7. The highest BCUT2D eigenvalue weighted by Gasteiger charge is 2.25. The highest BCUT2D eigenvalue weighted by atomic mass is 16.5. The maximum atomic E-state index is 12.4. The molecule has 128 valence electrons. The van der Waals surface area contributed by atoms with E-state index >= 15 is 0 Å². The molecule has 1 aromatic heterocycles. The summed E-state index contributed by atoms with van der Waals surface area (Å²) in [4.78, 5) is 14.6. The summed E-state index contributed by atoms with van der Waals surface area (Å²) >= 11 is 0. The second-order valence-electron chi connectivity index (χ2n) is 5.94. The number of amides is 1. The topological polar surface area (TPSA) is 80.7 Å². The van der Waals surface area contributed by atoms with Crippen molar-refractivity contribution in [3.63, 3.8) is 0 Å². The highest BCUT2D eigenvalue weighted by Crippen LogP contribution is 2.23. The number of carbonyl (C=O) groups excluding carboxylic acids is 1. The van der Waals surface area contributed by atoms with Gasteiger partial charge in [0.05, 0.1) is 19.3 Å². The lowest BCUT2D eigenvalue weighted by atomic mass is 10.1. The quantitative estimate of drug-likeness (QED) is 0.820. The second-order valence-corrected chi connectivity index (χ2v) is 5.94. The van der Waals surface area contributed by atoms with E-state index in [2.05, 4.69) is 10.2 Å². The molecule has 1 saturated heterocycles. The van der Waals surface area contributed by atoms with Gasteiger partial charge in [0.1, 0.15) is 11.5 Å². The smallest absolute Gasteiger partial charge is 0.251 e. The Hall–Kier alpha value is -2.31. The van der Waals surface area contributed by atoms with Crippen LogP contribution in [0.1, 0.15) is 27.9 Å². The maximum Gasteiger partial charge on any atom is 0.251 e. The molecule has 3 N–H and O–H groups in total. The zero-order valence-corrected chi connectivity index (χ0v) is 13.8. The largest absolute Gasteiger partial charge is 0.465 e. The summed E-state index contributed by atoms with van der Waals surface area (Å²) in [6, 6.07) is 10.8. The van der Waals surface area contributed by atoms with Crippen molar-refractivity contribution >= 4 is 11.6 Å². The minimum absolute atomic E-state index is 0.000307. The van der Waals surface area contributed by atoms with E-state index in [4.69, 9.17) is 14.9 Å². The summed E-state index contributed by atoms with van der Waals surface area (Å²) in [5.41, 5.74) is 6.90. The van der Waals surface area contributed by atoms with Gasteiger partial charge in [-0.1, -0.05) is 0 Å². The Morgan fingerprint density at radius 1 is 1.21 bits per heavy atom. The Kier molecular flexibility index (Phi) is 5.17. The van der Waals surface area contributed by atoms with Crippen molar-refractivity contribution in [1.29, 1.82) is 0 Å². The molecular weight excluding hydrogens is 306 g/mol. The summed E-state index contributed by atoms with van der Waals surface area (Å²) in [7, 11) is 0. The van der Waals surface area contributed by atoms with E-state index in [0.717, 1.165) is 24.6 Å². The van der Waals surface area contributed by atoms with Crippen LogP contribution >= 0.6 is 0 Å². The Labute approximate surface area is 141 Å². The molecule has 0 saturated carbocycles. The minimum Gasteiger partial charge on any atom is -0.465 e. The number of benzene rings is 1. The first kappa shape index (κ1) is 16.5. The number of furan rings is 1. The Bertz CT molecular complexity index is 675. The van der Waals surface area contributed by atoms with Crippen molar-refractivity contribution in [3.05, 3.63) is 53.5 Å². The molecule has 0 spiro atoms. The monoisotopic (exact) mass is 329 g/mol. The van der Waals surface area contributed by atoms with Crippen LogP contribution in [-0.2, 0) is 4.74 Å². The summed E-state index contributed by atoms with van der Waals surface area (Å²) in [5, 5.41) is 3.00. The van der Waals surface area contributed by atoms with E-state index in [9.17, 15) is 4.79 Å². The number of rotatable bonds is 5. The molecule has 1 fully saturated rings. The average molecular weight is 329 g/mol. The zero-order valence-electron chi connectivity index (χ0n) is 13.8. The minimum atomic E-state index is -0.114. The fourth-order valence-electron chi connectivity index (χ4n) is 2.86. The zero-order chi connectivity index (χ0) is 16.9. The molecule has 6 nitrogen and oxygen atoms in total. The lowest BCUT2D eigenvalue weighted by Gasteiger charge is -2.33. The Morgan fingerprint density at radius 3 is 2.54 bits per heavy atom. The van der Waals surface area contributed by atoms with Crippen molar-refractivity contribution in [2.24, 2.45) is 0 Å². The van der Waals surface area contributed by atoms with Gasteiger partial charge in [-0.05, 0) is 43.3 Å². The summed E-state index contributed by atoms with van der Waals surface area (Å²) in [5.74, 6) is 1.62. The molecule has 0 aliphatic carbocycles. The first-order chi connectivity index (χ1) is 11.6. The van der Waals surface area contributed by atoms with Gasteiger partial charge in [-0.2, -0.15) is 0 Å². The molecule has 1 aliphatic rings. The highest BCUT2D eigenvalue weighted by molar-refractivity contribution is 5.94. The van der Waals surface area contributed by atoms with Crippen LogP contribution in [0.3, 0.4) is 0 Å². The molecule has 0 radical (unpaired) electrons. The van der Waals surface area contributed by atoms with Crippen molar-refractivity contribution < 1.29 is 13.9 Å².